The molecular weight excluding hydrogens is 579 g/mol. The third-order valence-electron chi connectivity index (χ3n) is 7.60. The van der Waals surface area contributed by atoms with Crippen molar-refractivity contribution in [3.63, 3.8) is 0 Å². The largest absolute Gasteiger partial charge is 0.462 e. The number of hydrogen-bond acceptors (Lipinski definition) is 10. The van der Waals surface area contributed by atoms with E-state index in [0.29, 0.717) is 22.8 Å². The maximum absolute atomic E-state index is 16.5. The topological polar surface area (TPSA) is 102 Å². The highest BCUT2D eigenvalue weighted by atomic mass is 35.5. The molecule has 2 atom stereocenters. The van der Waals surface area contributed by atoms with Gasteiger partial charge in [-0.1, -0.05) is 35.1 Å². The van der Waals surface area contributed by atoms with Gasteiger partial charge < -0.3 is 25.4 Å². The fraction of sp³-hybridized carbons (Fsp3) is 0.444. The first kappa shape index (κ1) is 28.2. The minimum Gasteiger partial charge on any atom is -0.462 e. The van der Waals surface area contributed by atoms with Crippen LogP contribution in [0.1, 0.15) is 6.42 Å². The predicted octanol–water partition coefficient (Wildman–Crippen LogP) is 4.42. The van der Waals surface area contributed by atoms with Gasteiger partial charge in [0.25, 0.3) is 5.92 Å². The summed E-state index contributed by atoms with van der Waals surface area (Å²) in [5.41, 5.74) is 6.90. The second kappa shape index (κ2) is 11.0. The summed E-state index contributed by atoms with van der Waals surface area (Å²) in [5, 5.41) is 3.38. The Morgan fingerprint density at radius 1 is 1.24 bits per heavy atom. The molecule has 41 heavy (non-hydrogen) atoms. The molecule has 2 aliphatic rings. The predicted molar refractivity (Wildman–Crippen MR) is 155 cm³/mol. The normalized spacial score (nSPS) is 21.6. The number of rotatable bonds is 6. The van der Waals surface area contributed by atoms with Gasteiger partial charge in [0, 0.05) is 49.3 Å². The molecule has 0 bridgehead atoms. The Morgan fingerprint density at radius 3 is 2.85 bits per heavy atom. The monoisotopic (exact) mass is 607 g/mol. The average molecular weight is 608 g/mol. The van der Waals surface area contributed by atoms with Crippen LogP contribution in [0.2, 0.25) is 5.02 Å². The number of likely N-dealkylation sites (N-methyl/N-ethyl adjacent to an activating group) is 1. The molecule has 3 N–H and O–H groups in total. The van der Waals surface area contributed by atoms with Crippen LogP contribution in [0.25, 0.3) is 32.2 Å². The first-order chi connectivity index (χ1) is 19.6. The van der Waals surface area contributed by atoms with E-state index >= 15 is 4.39 Å². The van der Waals surface area contributed by atoms with Crippen LogP contribution in [0.5, 0.6) is 6.01 Å². The Bertz CT molecular complexity index is 1610. The lowest BCUT2D eigenvalue weighted by Crippen LogP contribution is -2.39. The van der Waals surface area contributed by atoms with Crippen LogP contribution in [0.15, 0.2) is 24.3 Å². The molecule has 0 radical (unpaired) electrons. The summed E-state index contributed by atoms with van der Waals surface area (Å²) in [6, 6.07) is 6.76. The first-order valence-electron chi connectivity index (χ1n) is 13.2. The van der Waals surface area contributed by atoms with Crippen molar-refractivity contribution in [2.45, 2.75) is 24.5 Å². The van der Waals surface area contributed by atoms with E-state index in [2.05, 4.69) is 25.2 Å². The highest BCUT2D eigenvalue weighted by Gasteiger charge is 2.36. The summed E-state index contributed by atoms with van der Waals surface area (Å²) in [6.45, 7) is 0.409. The number of halogens is 4. The number of nitrogen functional groups attached to an aromatic ring is 1. The van der Waals surface area contributed by atoms with E-state index in [1.807, 2.05) is 13.1 Å². The zero-order valence-corrected chi connectivity index (χ0v) is 24.0. The van der Waals surface area contributed by atoms with E-state index in [0.717, 1.165) is 17.7 Å². The molecule has 0 aliphatic carbocycles. The maximum atomic E-state index is 16.5. The fourth-order valence-corrected chi connectivity index (χ4v) is 6.58. The standard InChI is InChI=1S/C27H29ClF3N7O2S/c1-37-10-15(39-2)8-14(37)11-40-26-35-23-17(24(36-26)38-7-6-33-12-27(30,31)13-38)9-18(28)20(21(23)29)16-4-3-5-19-22(16)34-25(32)41-19/h3-5,9,14-15,33H,6-8,10-13H2,1-2H3,(H2,32,34)/t14-,15-/m0/s1. The summed E-state index contributed by atoms with van der Waals surface area (Å²) >= 11 is 7.98. The van der Waals surface area contributed by atoms with Gasteiger partial charge in [-0.05, 0) is 25.6 Å². The summed E-state index contributed by atoms with van der Waals surface area (Å²) in [5.74, 6) is -3.62. The van der Waals surface area contributed by atoms with Crippen molar-refractivity contribution in [3.05, 3.63) is 35.1 Å². The molecule has 2 aromatic carbocycles. The van der Waals surface area contributed by atoms with Gasteiger partial charge in [-0.15, -0.1) is 0 Å². The second-order valence-electron chi connectivity index (χ2n) is 10.4. The molecule has 0 unspecified atom stereocenters. The van der Waals surface area contributed by atoms with Gasteiger partial charge >= 0.3 is 6.01 Å². The Balaban J connectivity index is 1.48. The molecule has 2 aliphatic heterocycles. The van der Waals surface area contributed by atoms with Gasteiger partial charge in [-0.3, -0.25) is 4.90 Å². The molecule has 2 fully saturated rings. The number of nitrogens with zero attached hydrogens (tertiary/aromatic N) is 5. The van der Waals surface area contributed by atoms with Crippen molar-refractivity contribution < 1.29 is 22.6 Å². The number of ether oxygens (including phenoxy) is 2. The van der Waals surface area contributed by atoms with Crippen LogP contribution in [0, 0.1) is 5.82 Å². The van der Waals surface area contributed by atoms with Gasteiger partial charge in [0.05, 0.1) is 34.4 Å². The van der Waals surface area contributed by atoms with E-state index in [9.17, 15) is 8.78 Å². The fourth-order valence-electron chi connectivity index (χ4n) is 5.53. The highest BCUT2D eigenvalue weighted by molar-refractivity contribution is 7.22. The molecule has 0 amide bonds. The zero-order chi connectivity index (χ0) is 28.9. The van der Waals surface area contributed by atoms with Crippen molar-refractivity contribution >= 4 is 55.0 Å². The van der Waals surface area contributed by atoms with Crippen molar-refractivity contribution in [3.8, 4) is 17.1 Å². The zero-order valence-electron chi connectivity index (χ0n) is 22.5. The van der Waals surface area contributed by atoms with E-state index in [-0.39, 0.29) is 58.6 Å². The van der Waals surface area contributed by atoms with E-state index in [1.165, 1.54) is 22.3 Å². The molecule has 2 aromatic heterocycles. The molecule has 2 saturated heterocycles. The Kier molecular flexibility index (Phi) is 7.57. The summed E-state index contributed by atoms with van der Waals surface area (Å²) < 4.78 is 58.1. The van der Waals surface area contributed by atoms with Crippen LogP contribution in [-0.4, -0.2) is 91.4 Å². The third-order valence-corrected chi connectivity index (χ3v) is 8.75. The lowest BCUT2D eigenvalue weighted by Gasteiger charge is -2.26. The minimum absolute atomic E-state index is 0.0211. The smallest absolute Gasteiger partial charge is 0.319 e. The number of likely N-dealkylation sites (tertiary alicyclic amines) is 1. The SMILES string of the molecule is CO[C@H]1C[C@@H](COc2nc(N3CCNCC(F)(F)C3)c3cc(Cl)c(-c4cccc5sc(N)nc45)c(F)c3n2)N(C)C1. The molecule has 9 nitrogen and oxygen atoms in total. The first-order valence-corrected chi connectivity index (χ1v) is 14.4. The number of hydrogen-bond donors (Lipinski definition) is 2. The van der Waals surface area contributed by atoms with E-state index in [4.69, 9.17) is 26.8 Å². The minimum atomic E-state index is -3.03. The van der Waals surface area contributed by atoms with Crippen molar-refractivity contribution in [1.82, 2.24) is 25.2 Å². The summed E-state index contributed by atoms with van der Waals surface area (Å²) in [4.78, 5) is 16.9. The van der Waals surface area contributed by atoms with Crippen LogP contribution >= 0.6 is 22.9 Å². The third kappa shape index (κ3) is 5.48. The molecule has 4 heterocycles. The second-order valence-corrected chi connectivity index (χ2v) is 11.9. The van der Waals surface area contributed by atoms with E-state index < -0.39 is 24.8 Å². The summed E-state index contributed by atoms with van der Waals surface area (Å²) in [7, 11) is 3.63. The van der Waals surface area contributed by atoms with Crippen molar-refractivity contribution in [2.24, 2.45) is 0 Å². The average Bonchev–Trinajstić information content (AvgIpc) is 3.44. The van der Waals surface area contributed by atoms with Gasteiger partial charge in [0.15, 0.2) is 10.9 Å². The maximum Gasteiger partial charge on any atom is 0.319 e. The number of alkyl halides is 2. The Labute approximate surface area is 243 Å². The van der Waals surface area contributed by atoms with Crippen LogP contribution < -0.4 is 20.7 Å². The van der Waals surface area contributed by atoms with E-state index in [1.54, 1.807) is 19.2 Å². The Hall–Kier alpha value is -2.97. The molecule has 6 rings (SSSR count). The van der Waals surface area contributed by atoms with Crippen molar-refractivity contribution in [1.29, 1.82) is 0 Å². The number of benzene rings is 2. The number of aromatic nitrogens is 3. The molecule has 14 heteroatoms. The number of nitrogens with one attached hydrogen (secondary N) is 1. The molecule has 0 spiro atoms. The van der Waals surface area contributed by atoms with Gasteiger partial charge in [-0.2, -0.15) is 9.97 Å². The van der Waals surface area contributed by atoms with Crippen LogP contribution in [-0.2, 0) is 4.74 Å². The number of thiazole rings is 1. The number of anilines is 2. The van der Waals surface area contributed by atoms with Gasteiger partial charge in [0.1, 0.15) is 17.9 Å². The molecule has 0 saturated carbocycles. The molecule has 218 valence electrons. The quantitative estimate of drug-likeness (QED) is 0.330. The lowest BCUT2D eigenvalue weighted by atomic mass is 10.0. The highest BCUT2D eigenvalue weighted by Crippen LogP contribution is 2.42. The van der Waals surface area contributed by atoms with Crippen LogP contribution in [0.4, 0.5) is 24.1 Å². The molecular formula is C27H29ClF3N7O2S. The summed E-state index contributed by atoms with van der Waals surface area (Å²) in [6.07, 6.45) is 0.810. The number of nitrogens with two attached hydrogens (primary N) is 1. The Morgan fingerprint density at radius 2 is 2.07 bits per heavy atom. The van der Waals surface area contributed by atoms with Gasteiger partial charge in [-0.25, -0.2) is 18.2 Å². The van der Waals surface area contributed by atoms with Crippen LogP contribution in [0.3, 0.4) is 0 Å². The van der Waals surface area contributed by atoms with Gasteiger partial charge in [0.2, 0.25) is 0 Å². The molecule has 4 aromatic rings. The van der Waals surface area contributed by atoms with Crippen molar-refractivity contribution in [2.75, 3.05) is 64.1 Å². The number of fused-ring (bicyclic) bond motifs is 2. The number of methoxy groups -OCH3 is 1. The lowest BCUT2D eigenvalue weighted by molar-refractivity contribution is 0.0156. The number of para-hydroxylation sites is 1.